The van der Waals surface area contributed by atoms with Crippen molar-refractivity contribution in [2.24, 2.45) is 0 Å². The average Bonchev–Trinajstić information content (AvgIpc) is 2.80. The molecule has 0 radical (unpaired) electrons. The van der Waals surface area contributed by atoms with Crippen LogP contribution in [0.15, 0.2) is 35.0 Å². The number of hydrogen-bond donors (Lipinski definition) is 1. The largest absolute Gasteiger partial charge is 0.348 e. The molecule has 0 spiro atoms. The van der Waals surface area contributed by atoms with Crippen LogP contribution in [0.3, 0.4) is 0 Å². The average molecular weight is 290 g/mol. The molecule has 0 atom stereocenters. The van der Waals surface area contributed by atoms with Gasteiger partial charge in [-0.25, -0.2) is 0 Å². The van der Waals surface area contributed by atoms with Gasteiger partial charge < -0.3 is 10.2 Å². The molecule has 0 saturated heterocycles. The molecule has 0 unspecified atom stereocenters. The van der Waals surface area contributed by atoms with E-state index in [-0.39, 0.29) is 0 Å². The smallest absolute Gasteiger partial charge is 0.173 e. The van der Waals surface area contributed by atoms with E-state index in [0.717, 1.165) is 17.3 Å². The fourth-order valence-corrected chi connectivity index (χ4v) is 2.84. The van der Waals surface area contributed by atoms with Gasteiger partial charge in [0.2, 0.25) is 0 Å². The van der Waals surface area contributed by atoms with Crippen LogP contribution in [0.1, 0.15) is 16.7 Å². The quantitative estimate of drug-likeness (QED) is 0.853. The summed E-state index contributed by atoms with van der Waals surface area (Å²) in [7, 11) is 2.01. The van der Waals surface area contributed by atoms with Gasteiger partial charge in [-0.2, -0.15) is 11.3 Å². The van der Waals surface area contributed by atoms with Gasteiger partial charge in [0, 0.05) is 19.3 Å². The number of hydrogen-bond acceptors (Lipinski definition) is 2. The predicted molar refractivity (Wildman–Crippen MR) is 87.9 cm³/mol. The van der Waals surface area contributed by atoms with Crippen LogP contribution in [0.5, 0.6) is 0 Å². The number of rotatable bonds is 3. The highest BCUT2D eigenvalue weighted by Gasteiger charge is 2.06. The van der Waals surface area contributed by atoms with Crippen molar-refractivity contribution in [1.82, 2.24) is 4.90 Å². The van der Waals surface area contributed by atoms with E-state index >= 15 is 0 Å². The number of benzene rings is 1. The van der Waals surface area contributed by atoms with Crippen LogP contribution < -0.4 is 5.32 Å². The normalized spacial score (nSPS) is 10.3. The van der Waals surface area contributed by atoms with E-state index in [0.29, 0.717) is 0 Å². The fourth-order valence-electron chi connectivity index (χ4n) is 1.99. The maximum Gasteiger partial charge on any atom is 0.173 e. The minimum Gasteiger partial charge on any atom is -0.348 e. The lowest BCUT2D eigenvalue weighted by Gasteiger charge is -2.21. The zero-order chi connectivity index (χ0) is 13.8. The van der Waals surface area contributed by atoms with E-state index in [4.69, 9.17) is 12.2 Å². The monoisotopic (exact) mass is 290 g/mol. The summed E-state index contributed by atoms with van der Waals surface area (Å²) < 4.78 is 0. The number of thiocarbonyl (C=S) groups is 1. The summed E-state index contributed by atoms with van der Waals surface area (Å²) in [5, 5.41) is 8.28. The standard InChI is InChI=1S/C15H18N2S2/c1-11-6-12(2)8-14(7-11)16-15(18)17(3)9-13-4-5-19-10-13/h4-8,10H,9H2,1-3H3,(H,16,18). The van der Waals surface area contributed by atoms with Gasteiger partial charge >= 0.3 is 0 Å². The van der Waals surface area contributed by atoms with Gasteiger partial charge in [0.25, 0.3) is 0 Å². The molecule has 2 aromatic rings. The van der Waals surface area contributed by atoms with Gasteiger partial charge in [-0.15, -0.1) is 0 Å². The van der Waals surface area contributed by atoms with Gasteiger partial charge in [-0.05, 0) is 71.7 Å². The van der Waals surface area contributed by atoms with Gasteiger partial charge in [0.05, 0.1) is 0 Å². The molecule has 2 nitrogen and oxygen atoms in total. The third-order valence-corrected chi connectivity index (χ3v) is 3.97. The van der Waals surface area contributed by atoms with Crippen molar-refractivity contribution < 1.29 is 0 Å². The summed E-state index contributed by atoms with van der Waals surface area (Å²) in [6.07, 6.45) is 0. The topological polar surface area (TPSA) is 15.3 Å². The third-order valence-electron chi connectivity index (χ3n) is 2.82. The maximum absolute atomic E-state index is 5.44. The van der Waals surface area contributed by atoms with Crippen LogP contribution >= 0.6 is 23.6 Å². The first-order valence-electron chi connectivity index (χ1n) is 6.16. The second kappa shape index (κ2) is 6.17. The van der Waals surface area contributed by atoms with Crippen LogP contribution in [-0.2, 0) is 6.54 Å². The SMILES string of the molecule is Cc1cc(C)cc(NC(=S)N(C)Cc2ccsc2)c1. The lowest BCUT2D eigenvalue weighted by Crippen LogP contribution is -2.30. The van der Waals surface area contributed by atoms with Gasteiger partial charge in [0.15, 0.2) is 5.11 Å². The van der Waals surface area contributed by atoms with E-state index in [9.17, 15) is 0 Å². The molecule has 4 heteroatoms. The summed E-state index contributed by atoms with van der Waals surface area (Å²) in [4.78, 5) is 2.05. The number of aryl methyl sites for hydroxylation is 2. The van der Waals surface area contributed by atoms with Gasteiger partial charge in [0.1, 0.15) is 0 Å². The predicted octanol–water partition coefficient (Wildman–Crippen LogP) is 4.19. The minimum atomic E-state index is 0.746. The molecule has 0 amide bonds. The van der Waals surface area contributed by atoms with E-state index in [1.807, 2.05) is 7.05 Å². The Morgan fingerprint density at radius 3 is 2.53 bits per heavy atom. The van der Waals surface area contributed by atoms with Crippen LogP contribution in [0, 0.1) is 13.8 Å². The van der Waals surface area contributed by atoms with Gasteiger partial charge in [-0.3, -0.25) is 0 Å². The van der Waals surface area contributed by atoms with E-state index in [1.165, 1.54) is 16.7 Å². The maximum atomic E-state index is 5.44. The van der Waals surface area contributed by atoms with E-state index in [1.54, 1.807) is 11.3 Å². The minimum absolute atomic E-state index is 0.746. The number of nitrogens with one attached hydrogen (secondary N) is 1. The first-order valence-corrected chi connectivity index (χ1v) is 7.51. The molecule has 0 aliphatic carbocycles. The molecule has 1 N–H and O–H groups in total. The van der Waals surface area contributed by atoms with E-state index < -0.39 is 0 Å². The number of thiophene rings is 1. The lowest BCUT2D eigenvalue weighted by molar-refractivity contribution is 0.509. The van der Waals surface area contributed by atoms with Crippen LogP contribution in [-0.4, -0.2) is 17.1 Å². The molecule has 0 aliphatic rings. The van der Waals surface area contributed by atoms with Crippen LogP contribution in [0.2, 0.25) is 0 Å². The molecule has 2 rings (SSSR count). The highest BCUT2D eigenvalue weighted by atomic mass is 32.1. The summed E-state index contributed by atoms with van der Waals surface area (Å²) in [6.45, 7) is 5.02. The molecular formula is C15H18N2S2. The van der Waals surface area contributed by atoms with Gasteiger partial charge in [-0.1, -0.05) is 6.07 Å². The van der Waals surface area contributed by atoms with E-state index in [2.05, 4.69) is 59.1 Å². The number of nitrogens with zero attached hydrogens (tertiary/aromatic N) is 1. The Bertz CT molecular complexity index is 541. The van der Waals surface area contributed by atoms with Crippen molar-refractivity contribution in [1.29, 1.82) is 0 Å². The second-order valence-electron chi connectivity index (χ2n) is 4.79. The second-order valence-corrected chi connectivity index (χ2v) is 5.96. The molecule has 19 heavy (non-hydrogen) atoms. The van der Waals surface area contributed by atoms with Crippen molar-refractivity contribution in [2.75, 3.05) is 12.4 Å². The molecule has 100 valence electrons. The van der Waals surface area contributed by atoms with Crippen molar-refractivity contribution in [3.63, 3.8) is 0 Å². The Hall–Kier alpha value is -1.39. The highest BCUT2D eigenvalue weighted by molar-refractivity contribution is 7.80. The molecular weight excluding hydrogens is 272 g/mol. The Balaban J connectivity index is 2.00. The van der Waals surface area contributed by atoms with Crippen molar-refractivity contribution >= 4 is 34.4 Å². The van der Waals surface area contributed by atoms with Crippen LogP contribution in [0.4, 0.5) is 5.69 Å². The third kappa shape index (κ3) is 4.04. The fraction of sp³-hybridized carbons (Fsp3) is 0.267. The van der Waals surface area contributed by atoms with Crippen molar-refractivity contribution in [3.8, 4) is 0 Å². The summed E-state index contributed by atoms with van der Waals surface area (Å²) in [6, 6.07) is 8.50. The molecule has 1 aromatic heterocycles. The van der Waals surface area contributed by atoms with Crippen LogP contribution in [0.25, 0.3) is 0 Å². The molecule has 0 bridgehead atoms. The zero-order valence-electron chi connectivity index (χ0n) is 11.4. The first-order chi connectivity index (χ1) is 9.04. The summed E-state index contributed by atoms with van der Waals surface area (Å²) >= 11 is 7.15. The Labute approximate surface area is 124 Å². The molecule has 0 saturated carbocycles. The Morgan fingerprint density at radius 1 is 1.26 bits per heavy atom. The van der Waals surface area contributed by atoms with Crippen molar-refractivity contribution in [2.45, 2.75) is 20.4 Å². The molecule has 0 fully saturated rings. The zero-order valence-corrected chi connectivity index (χ0v) is 13.1. The van der Waals surface area contributed by atoms with Crippen molar-refractivity contribution in [3.05, 3.63) is 51.7 Å². The summed E-state index contributed by atoms with van der Waals surface area (Å²) in [5.74, 6) is 0. The first kappa shape index (κ1) is 14.0. The molecule has 0 aliphatic heterocycles. The number of anilines is 1. The molecule has 1 aromatic carbocycles. The Kier molecular flexibility index (Phi) is 4.56. The highest BCUT2D eigenvalue weighted by Crippen LogP contribution is 2.15. The molecule has 1 heterocycles. The summed E-state index contributed by atoms with van der Waals surface area (Å²) in [5.41, 5.74) is 4.83. The Morgan fingerprint density at radius 2 is 1.95 bits per heavy atom. The lowest BCUT2D eigenvalue weighted by atomic mass is 10.1.